The van der Waals surface area contributed by atoms with Gasteiger partial charge in [-0.2, -0.15) is 5.26 Å². The van der Waals surface area contributed by atoms with Crippen LogP contribution in [-0.4, -0.2) is 0 Å². The van der Waals surface area contributed by atoms with E-state index in [0.29, 0.717) is 27.8 Å². The molecule has 0 aliphatic rings. The normalized spacial score (nSPS) is 10.0. The Labute approximate surface area is 120 Å². The Balaban J connectivity index is 2.17. The molecule has 5 heteroatoms. The molecule has 1 N–H and O–H groups in total. The van der Waals surface area contributed by atoms with E-state index in [0.717, 1.165) is 0 Å². The molecule has 2 aromatic carbocycles. The number of halogens is 3. The maximum absolute atomic E-state index is 13.3. The van der Waals surface area contributed by atoms with Crippen molar-refractivity contribution in [2.24, 2.45) is 0 Å². The van der Waals surface area contributed by atoms with E-state index in [1.54, 1.807) is 24.3 Å². The largest absolute Gasteiger partial charge is 0.380 e. The van der Waals surface area contributed by atoms with Crippen LogP contribution in [0.5, 0.6) is 0 Å². The molecule has 0 amide bonds. The van der Waals surface area contributed by atoms with E-state index in [2.05, 4.69) is 5.32 Å². The van der Waals surface area contributed by atoms with Crippen molar-refractivity contribution in [3.8, 4) is 6.07 Å². The van der Waals surface area contributed by atoms with Gasteiger partial charge in [-0.05, 0) is 42.0 Å². The third-order valence-electron chi connectivity index (χ3n) is 2.50. The van der Waals surface area contributed by atoms with E-state index in [1.165, 1.54) is 12.1 Å². The lowest BCUT2D eigenvalue weighted by Crippen LogP contribution is -2.01. The molecular formula is C14H9Cl2FN2. The van der Waals surface area contributed by atoms with Gasteiger partial charge in [-0.25, -0.2) is 4.39 Å². The molecule has 0 unspecified atom stereocenters. The van der Waals surface area contributed by atoms with E-state index >= 15 is 0 Å². The molecule has 2 nitrogen and oxygen atoms in total. The molecule has 2 aromatic rings. The minimum Gasteiger partial charge on any atom is -0.380 e. The average Bonchev–Trinajstić information content (AvgIpc) is 2.39. The van der Waals surface area contributed by atoms with E-state index in [9.17, 15) is 4.39 Å². The third-order valence-corrected chi connectivity index (χ3v) is 3.06. The van der Waals surface area contributed by atoms with Crippen LogP contribution < -0.4 is 5.32 Å². The summed E-state index contributed by atoms with van der Waals surface area (Å²) in [6.45, 7) is 0.354. The van der Waals surface area contributed by atoms with Crippen molar-refractivity contribution in [1.82, 2.24) is 0 Å². The monoisotopic (exact) mass is 294 g/mol. The van der Waals surface area contributed by atoms with Crippen LogP contribution in [0.2, 0.25) is 10.0 Å². The standard InChI is InChI=1S/C14H9Cl2FN2/c15-11-1-2-13(16)14(6-11)19-8-10-3-9(7-18)4-12(17)5-10/h1-6,19H,8H2. The van der Waals surface area contributed by atoms with Crippen molar-refractivity contribution in [1.29, 1.82) is 5.26 Å². The van der Waals surface area contributed by atoms with Gasteiger partial charge in [0.2, 0.25) is 0 Å². The SMILES string of the molecule is N#Cc1cc(F)cc(CNc2cc(Cl)ccc2Cl)c1. The number of nitrogens with one attached hydrogen (secondary N) is 1. The first kappa shape index (κ1) is 13.7. The van der Waals surface area contributed by atoms with Crippen LogP contribution in [0.4, 0.5) is 10.1 Å². The summed E-state index contributed by atoms with van der Waals surface area (Å²) in [5.41, 5.74) is 1.61. The van der Waals surface area contributed by atoms with Gasteiger partial charge in [0.25, 0.3) is 0 Å². The molecule has 0 heterocycles. The summed E-state index contributed by atoms with van der Waals surface area (Å²) >= 11 is 11.9. The predicted octanol–water partition coefficient (Wildman–Crippen LogP) is 4.62. The summed E-state index contributed by atoms with van der Waals surface area (Å²) < 4.78 is 13.3. The lowest BCUT2D eigenvalue weighted by atomic mass is 10.1. The maximum Gasteiger partial charge on any atom is 0.124 e. The van der Waals surface area contributed by atoms with E-state index in [4.69, 9.17) is 28.5 Å². The molecular weight excluding hydrogens is 286 g/mol. The molecule has 0 fully saturated rings. The van der Waals surface area contributed by atoms with E-state index in [1.807, 2.05) is 6.07 Å². The van der Waals surface area contributed by atoms with Gasteiger partial charge in [0.1, 0.15) is 5.82 Å². The summed E-state index contributed by atoms with van der Waals surface area (Å²) in [6.07, 6.45) is 0. The molecule has 2 rings (SSSR count). The number of nitrogens with zero attached hydrogens (tertiary/aromatic N) is 1. The highest BCUT2D eigenvalue weighted by atomic mass is 35.5. The molecule has 0 spiro atoms. The fourth-order valence-electron chi connectivity index (χ4n) is 1.65. The fraction of sp³-hybridized carbons (Fsp3) is 0.0714. The van der Waals surface area contributed by atoms with Crippen molar-refractivity contribution in [3.05, 3.63) is 63.4 Å². The Morgan fingerprint density at radius 2 is 1.95 bits per heavy atom. The predicted molar refractivity (Wildman–Crippen MR) is 74.9 cm³/mol. The van der Waals surface area contributed by atoms with Gasteiger partial charge in [0.05, 0.1) is 22.3 Å². The van der Waals surface area contributed by atoms with Gasteiger partial charge in [0, 0.05) is 11.6 Å². The number of hydrogen-bond acceptors (Lipinski definition) is 2. The summed E-state index contributed by atoms with van der Waals surface area (Å²) in [7, 11) is 0. The third kappa shape index (κ3) is 3.60. The van der Waals surface area contributed by atoms with Crippen LogP contribution in [0.3, 0.4) is 0 Å². The average molecular weight is 295 g/mol. The Morgan fingerprint density at radius 3 is 2.68 bits per heavy atom. The smallest absolute Gasteiger partial charge is 0.124 e. The molecule has 0 bridgehead atoms. The van der Waals surface area contributed by atoms with Crippen LogP contribution in [0.25, 0.3) is 0 Å². The van der Waals surface area contributed by atoms with Gasteiger partial charge in [-0.3, -0.25) is 0 Å². The zero-order valence-corrected chi connectivity index (χ0v) is 11.3. The summed E-state index contributed by atoms with van der Waals surface area (Å²) in [4.78, 5) is 0. The van der Waals surface area contributed by atoms with Crippen molar-refractivity contribution in [2.75, 3.05) is 5.32 Å². The minimum absolute atomic E-state index is 0.286. The summed E-state index contributed by atoms with van der Waals surface area (Å²) in [5, 5.41) is 12.9. The second-order valence-electron chi connectivity index (χ2n) is 3.94. The highest BCUT2D eigenvalue weighted by Crippen LogP contribution is 2.26. The second kappa shape index (κ2) is 5.92. The molecule has 0 saturated heterocycles. The minimum atomic E-state index is -0.437. The molecule has 19 heavy (non-hydrogen) atoms. The molecule has 0 saturated carbocycles. The van der Waals surface area contributed by atoms with Gasteiger partial charge >= 0.3 is 0 Å². The summed E-state index contributed by atoms with van der Waals surface area (Å²) in [6, 6.07) is 11.1. The maximum atomic E-state index is 13.3. The zero-order chi connectivity index (χ0) is 13.8. The first-order chi connectivity index (χ1) is 9.08. The molecule has 0 aliphatic heterocycles. The Bertz CT molecular complexity index is 650. The Hall–Kier alpha value is -1.76. The number of benzene rings is 2. The Morgan fingerprint density at radius 1 is 1.16 bits per heavy atom. The fourth-order valence-corrected chi connectivity index (χ4v) is 2.00. The first-order valence-corrected chi connectivity index (χ1v) is 6.22. The highest BCUT2D eigenvalue weighted by molar-refractivity contribution is 6.35. The molecule has 0 radical (unpaired) electrons. The lowest BCUT2D eigenvalue weighted by Gasteiger charge is -2.09. The van der Waals surface area contributed by atoms with Crippen molar-refractivity contribution >= 4 is 28.9 Å². The molecule has 0 aromatic heterocycles. The molecule has 96 valence electrons. The summed E-state index contributed by atoms with van der Waals surface area (Å²) in [5.74, 6) is -0.437. The molecule has 0 aliphatic carbocycles. The van der Waals surface area contributed by atoms with E-state index in [-0.39, 0.29) is 5.56 Å². The zero-order valence-electron chi connectivity index (χ0n) is 9.75. The van der Waals surface area contributed by atoms with Crippen LogP contribution in [0, 0.1) is 17.1 Å². The van der Waals surface area contributed by atoms with Crippen LogP contribution >= 0.6 is 23.2 Å². The van der Waals surface area contributed by atoms with Crippen molar-refractivity contribution in [2.45, 2.75) is 6.54 Å². The first-order valence-electron chi connectivity index (χ1n) is 5.47. The molecule has 0 atom stereocenters. The van der Waals surface area contributed by atoms with Gasteiger partial charge < -0.3 is 5.32 Å². The van der Waals surface area contributed by atoms with Gasteiger partial charge in [0.15, 0.2) is 0 Å². The van der Waals surface area contributed by atoms with Crippen molar-refractivity contribution < 1.29 is 4.39 Å². The number of hydrogen-bond donors (Lipinski definition) is 1. The van der Waals surface area contributed by atoms with Crippen LogP contribution in [0.1, 0.15) is 11.1 Å². The topological polar surface area (TPSA) is 35.8 Å². The highest BCUT2D eigenvalue weighted by Gasteiger charge is 2.03. The second-order valence-corrected chi connectivity index (χ2v) is 4.78. The Kier molecular flexibility index (Phi) is 4.26. The van der Waals surface area contributed by atoms with Crippen LogP contribution in [-0.2, 0) is 6.54 Å². The van der Waals surface area contributed by atoms with E-state index < -0.39 is 5.82 Å². The number of nitriles is 1. The van der Waals surface area contributed by atoms with Crippen molar-refractivity contribution in [3.63, 3.8) is 0 Å². The number of rotatable bonds is 3. The van der Waals surface area contributed by atoms with Crippen LogP contribution in [0.15, 0.2) is 36.4 Å². The number of anilines is 1. The van der Waals surface area contributed by atoms with Gasteiger partial charge in [-0.1, -0.05) is 23.2 Å². The van der Waals surface area contributed by atoms with Gasteiger partial charge in [-0.15, -0.1) is 0 Å². The quantitative estimate of drug-likeness (QED) is 0.897. The lowest BCUT2D eigenvalue weighted by molar-refractivity contribution is 0.625.